The molecule has 2 atom stereocenters. The SMILES string of the molecule is Cc1nn(C)c(C)c1C=CC(=O)N1CCC(C(=O)O)C1C. The number of carbonyl (C=O) groups excluding carboxylic acids is 1. The number of likely N-dealkylation sites (tertiary alicyclic amines) is 1. The zero-order valence-corrected chi connectivity index (χ0v) is 12.8. The summed E-state index contributed by atoms with van der Waals surface area (Å²) in [5.41, 5.74) is 2.80. The number of aromatic nitrogens is 2. The molecule has 0 aromatic carbocycles. The summed E-state index contributed by atoms with van der Waals surface area (Å²) in [6.07, 6.45) is 3.79. The van der Waals surface area contributed by atoms with E-state index in [1.165, 1.54) is 6.08 Å². The number of amides is 1. The lowest BCUT2D eigenvalue weighted by Gasteiger charge is -2.21. The molecule has 1 saturated heterocycles. The van der Waals surface area contributed by atoms with E-state index in [0.717, 1.165) is 17.0 Å². The Morgan fingerprint density at radius 2 is 2.05 bits per heavy atom. The Hall–Kier alpha value is -2.11. The van der Waals surface area contributed by atoms with Crippen LogP contribution in [0.25, 0.3) is 6.08 Å². The van der Waals surface area contributed by atoms with Gasteiger partial charge in [-0.1, -0.05) is 0 Å². The Balaban J connectivity index is 2.12. The van der Waals surface area contributed by atoms with Crippen molar-refractivity contribution in [2.24, 2.45) is 13.0 Å². The number of carbonyl (C=O) groups is 2. The summed E-state index contributed by atoms with van der Waals surface area (Å²) in [6.45, 7) is 6.13. The average Bonchev–Trinajstić information content (AvgIpc) is 2.89. The van der Waals surface area contributed by atoms with Crippen LogP contribution in [0.4, 0.5) is 0 Å². The molecule has 2 unspecified atom stereocenters. The number of hydrogen-bond donors (Lipinski definition) is 1. The Bertz CT molecular complexity index is 604. The molecule has 6 nitrogen and oxygen atoms in total. The lowest BCUT2D eigenvalue weighted by atomic mass is 10.0. The van der Waals surface area contributed by atoms with Crippen LogP contribution in [0, 0.1) is 19.8 Å². The van der Waals surface area contributed by atoms with Crippen LogP contribution < -0.4 is 0 Å². The third-order valence-corrected chi connectivity index (χ3v) is 4.31. The zero-order valence-electron chi connectivity index (χ0n) is 12.8. The van der Waals surface area contributed by atoms with Crippen LogP contribution in [0.1, 0.15) is 30.3 Å². The van der Waals surface area contributed by atoms with E-state index >= 15 is 0 Å². The first kappa shape index (κ1) is 15.3. The monoisotopic (exact) mass is 291 g/mol. The van der Waals surface area contributed by atoms with Gasteiger partial charge in [0.15, 0.2) is 0 Å². The van der Waals surface area contributed by atoms with E-state index in [2.05, 4.69) is 5.10 Å². The maximum absolute atomic E-state index is 12.2. The number of aliphatic carboxylic acids is 1. The van der Waals surface area contributed by atoms with E-state index < -0.39 is 11.9 Å². The van der Waals surface area contributed by atoms with Gasteiger partial charge in [-0.25, -0.2) is 0 Å². The van der Waals surface area contributed by atoms with Gasteiger partial charge in [-0.15, -0.1) is 0 Å². The molecule has 0 bridgehead atoms. The van der Waals surface area contributed by atoms with Crippen molar-refractivity contribution in [2.45, 2.75) is 33.2 Å². The molecule has 114 valence electrons. The molecule has 2 rings (SSSR count). The molecule has 21 heavy (non-hydrogen) atoms. The summed E-state index contributed by atoms with van der Waals surface area (Å²) in [7, 11) is 1.86. The van der Waals surface area contributed by atoms with Crippen molar-refractivity contribution in [2.75, 3.05) is 6.54 Å². The Morgan fingerprint density at radius 1 is 1.38 bits per heavy atom. The molecule has 1 aromatic rings. The smallest absolute Gasteiger partial charge is 0.308 e. The van der Waals surface area contributed by atoms with E-state index in [4.69, 9.17) is 5.11 Å². The normalized spacial score (nSPS) is 22.2. The Kier molecular flexibility index (Phi) is 4.16. The number of carboxylic acids is 1. The highest BCUT2D eigenvalue weighted by Gasteiger charge is 2.37. The van der Waals surface area contributed by atoms with Crippen molar-refractivity contribution in [1.29, 1.82) is 0 Å². The largest absolute Gasteiger partial charge is 0.481 e. The number of nitrogens with zero attached hydrogens (tertiary/aromatic N) is 3. The number of aryl methyl sites for hydroxylation is 2. The van der Waals surface area contributed by atoms with Gasteiger partial charge in [0.2, 0.25) is 5.91 Å². The number of rotatable bonds is 3. The van der Waals surface area contributed by atoms with E-state index in [1.807, 2.05) is 20.9 Å². The molecular weight excluding hydrogens is 270 g/mol. The fourth-order valence-electron chi connectivity index (χ4n) is 2.86. The van der Waals surface area contributed by atoms with Gasteiger partial charge < -0.3 is 10.0 Å². The summed E-state index contributed by atoms with van der Waals surface area (Å²) in [5, 5.41) is 13.4. The first-order valence-corrected chi connectivity index (χ1v) is 7.04. The predicted molar refractivity (Wildman–Crippen MR) is 78.6 cm³/mol. The minimum absolute atomic E-state index is 0.145. The fraction of sp³-hybridized carbons (Fsp3) is 0.533. The third-order valence-electron chi connectivity index (χ3n) is 4.31. The Labute approximate surface area is 124 Å². The molecule has 1 fully saturated rings. The van der Waals surface area contributed by atoms with E-state index in [0.29, 0.717) is 13.0 Å². The Morgan fingerprint density at radius 3 is 2.52 bits per heavy atom. The summed E-state index contributed by atoms with van der Waals surface area (Å²) >= 11 is 0. The highest BCUT2D eigenvalue weighted by atomic mass is 16.4. The first-order chi connectivity index (χ1) is 9.82. The molecule has 0 saturated carbocycles. The quantitative estimate of drug-likeness (QED) is 0.853. The molecule has 1 aromatic heterocycles. The van der Waals surface area contributed by atoms with Crippen LogP contribution in [0.3, 0.4) is 0 Å². The molecular formula is C15H21N3O3. The van der Waals surface area contributed by atoms with Gasteiger partial charge in [-0.2, -0.15) is 5.10 Å². The molecule has 1 N–H and O–H groups in total. The van der Waals surface area contributed by atoms with Crippen molar-refractivity contribution < 1.29 is 14.7 Å². The van der Waals surface area contributed by atoms with Crippen LogP contribution >= 0.6 is 0 Å². The topological polar surface area (TPSA) is 75.4 Å². The average molecular weight is 291 g/mol. The minimum Gasteiger partial charge on any atom is -0.481 e. The van der Waals surface area contributed by atoms with Gasteiger partial charge in [0.25, 0.3) is 0 Å². The second kappa shape index (κ2) is 5.71. The maximum Gasteiger partial charge on any atom is 0.308 e. The molecule has 0 radical (unpaired) electrons. The standard InChI is InChI=1S/C15H21N3O3/c1-9-12(10(2)17(4)16-9)5-6-14(19)18-8-7-13(11(18)3)15(20)21/h5-6,11,13H,7-8H2,1-4H3,(H,20,21). The van der Waals surface area contributed by atoms with Crippen LogP contribution in [0.2, 0.25) is 0 Å². The van der Waals surface area contributed by atoms with E-state index in [9.17, 15) is 9.59 Å². The van der Waals surface area contributed by atoms with Crippen molar-refractivity contribution >= 4 is 18.0 Å². The van der Waals surface area contributed by atoms with Crippen LogP contribution in [0.5, 0.6) is 0 Å². The van der Waals surface area contributed by atoms with Crippen LogP contribution in [-0.4, -0.2) is 44.3 Å². The van der Waals surface area contributed by atoms with Gasteiger partial charge in [0.1, 0.15) is 0 Å². The second-order valence-corrected chi connectivity index (χ2v) is 5.55. The molecule has 0 aliphatic carbocycles. The van der Waals surface area contributed by atoms with Crippen LogP contribution in [-0.2, 0) is 16.6 Å². The third kappa shape index (κ3) is 2.84. The summed E-state index contributed by atoms with van der Waals surface area (Å²) in [6, 6.07) is -0.268. The van der Waals surface area contributed by atoms with Crippen molar-refractivity contribution in [3.8, 4) is 0 Å². The fourth-order valence-corrected chi connectivity index (χ4v) is 2.86. The lowest BCUT2D eigenvalue weighted by molar-refractivity contribution is -0.142. The van der Waals surface area contributed by atoms with Crippen molar-refractivity contribution in [1.82, 2.24) is 14.7 Å². The predicted octanol–water partition coefficient (Wildman–Crippen LogP) is 1.37. The molecule has 1 aliphatic rings. The van der Waals surface area contributed by atoms with E-state index in [-0.39, 0.29) is 11.9 Å². The zero-order chi connectivity index (χ0) is 15.7. The van der Waals surface area contributed by atoms with Gasteiger partial charge in [0, 0.05) is 37.0 Å². The van der Waals surface area contributed by atoms with Crippen LogP contribution in [0.15, 0.2) is 6.08 Å². The maximum atomic E-state index is 12.2. The van der Waals surface area contributed by atoms with Crippen molar-refractivity contribution in [3.63, 3.8) is 0 Å². The number of carboxylic acid groups (broad SMARTS) is 1. The summed E-state index contributed by atoms with van der Waals surface area (Å²) < 4.78 is 1.78. The highest BCUT2D eigenvalue weighted by molar-refractivity contribution is 5.93. The molecule has 1 aliphatic heterocycles. The lowest BCUT2D eigenvalue weighted by Crippen LogP contribution is -2.36. The second-order valence-electron chi connectivity index (χ2n) is 5.55. The molecule has 6 heteroatoms. The highest BCUT2D eigenvalue weighted by Crippen LogP contribution is 2.25. The molecule has 2 heterocycles. The minimum atomic E-state index is -0.833. The van der Waals surface area contributed by atoms with E-state index in [1.54, 1.807) is 22.6 Å². The van der Waals surface area contributed by atoms with Crippen molar-refractivity contribution in [3.05, 3.63) is 23.0 Å². The van der Waals surface area contributed by atoms with Gasteiger partial charge in [-0.3, -0.25) is 14.3 Å². The summed E-state index contributed by atoms with van der Waals surface area (Å²) in [4.78, 5) is 25.0. The van der Waals surface area contributed by atoms with Gasteiger partial charge >= 0.3 is 5.97 Å². The molecule has 1 amide bonds. The van der Waals surface area contributed by atoms with Gasteiger partial charge in [0.05, 0.1) is 11.6 Å². The van der Waals surface area contributed by atoms with Gasteiger partial charge in [-0.05, 0) is 33.3 Å². The number of hydrogen-bond acceptors (Lipinski definition) is 3. The molecule has 0 spiro atoms. The first-order valence-electron chi connectivity index (χ1n) is 7.04. The summed E-state index contributed by atoms with van der Waals surface area (Å²) in [5.74, 6) is -1.45.